The molecule has 8 heteroatoms. The van der Waals surface area contributed by atoms with Gasteiger partial charge < -0.3 is 24.5 Å². The van der Waals surface area contributed by atoms with Gasteiger partial charge in [0.15, 0.2) is 0 Å². The average molecular weight is 476 g/mol. The normalized spacial score (nSPS) is 33.9. The summed E-state index contributed by atoms with van der Waals surface area (Å²) in [5.74, 6) is -1.89. The van der Waals surface area contributed by atoms with Gasteiger partial charge in [-0.3, -0.25) is 14.4 Å². The quantitative estimate of drug-likeness (QED) is 0.364. The number of nitrogens with zero attached hydrogens (tertiary/aromatic N) is 3. The Bertz CT molecular complexity index is 844. The number of hydrogen-bond acceptors (Lipinski definition) is 5. The van der Waals surface area contributed by atoms with E-state index >= 15 is 0 Å². The predicted octanol–water partition coefficient (Wildman–Crippen LogP) is 1.84. The molecule has 0 aromatic rings. The maximum absolute atomic E-state index is 14.1. The molecule has 3 unspecified atom stereocenters. The van der Waals surface area contributed by atoms with Crippen LogP contribution in [0.3, 0.4) is 0 Å². The zero-order valence-electron chi connectivity index (χ0n) is 21.3. The first kappa shape index (κ1) is 26.4. The van der Waals surface area contributed by atoms with E-state index in [1.807, 2.05) is 27.7 Å². The fraction of sp³-hybridized carbons (Fsp3) is 0.731. The first-order valence-electron chi connectivity index (χ1n) is 12.4. The molecule has 0 saturated carbocycles. The van der Waals surface area contributed by atoms with Crippen LogP contribution in [-0.2, 0) is 19.1 Å². The third-order valence-electron chi connectivity index (χ3n) is 8.13. The Hall–Kier alpha value is -2.19. The molecule has 2 bridgehead atoms. The summed E-state index contributed by atoms with van der Waals surface area (Å²) >= 11 is 0. The van der Waals surface area contributed by atoms with Crippen molar-refractivity contribution in [2.24, 2.45) is 17.8 Å². The minimum absolute atomic E-state index is 0.00206. The van der Waals surface area contributed by atoms with Crippen molar-refractivity contribution in [3.05, 3.63) is 25.3 Å². The molecule has 3 aliphatic heterocycles. The standard InChI is InChI=1S/C26H41N3O5/c1-8-12-27(7)22(31)19-20-23(32)29(14-10-11-15-30)21(24(33)28(13-9-2)17(3)4)26(20)16-18(5)25(19,6)34-26/h8-9,17-21,30H,1-2,10-16H2,3-7H3/t18?,19-,20-,21?,25+,26?/m0/s1. The fourth-order valence-electron chi connectivity index (χ4n) is 6.40. The number of likely N-dealkylation sites (N-methyl/N-ethyl adjacent to an activating group) is 1. The largest absolute Gasteiger partial charge is 0.396 e. The summed E-state index contributed by atoms with van der Waals surface area (Å²) in [7, 11) is 1.71. The molecule has 0 aromatic heterocycles. The van der Waals surface area contributed by atoms with Gasteiger partial charge in [0.25, 0.3) is 0 Å². The predicted molar refractivity (Wildman–Crippen MR) is 130 cm³/mol. The van der Waals surface area contributed by atoms with Crippen molar-refractivity contribution in [1.82, 2.24) is 14.7 Å². The maximum Gasteiger partial charge on any atom is 0.248 e. The molecule has 3 amide bonds. The summed E-state index contributed by atoms with van der Waals surface area (Å²) in [5.41, 5.74) is -1.88. The number of likely N-dealkylation sites (tertiary alicyclic amines) is 1. The molecule has 190 valence electrons. The highest BCUT2D eigenvalue weighted by molar-refractivity contribution is 5.99. The zero-order chi connectivity index (χ0) is 25.4. The molecule has 0 aromatic carbocycles. The van der Waals surface area contributed by atoms with Gasteiger partial charge in [-0.25, -0.2) is 0 Å². The highest BCUT2D eigenvalue weighted by Gasteiger charge is 2.80. The minimum atomic E-state index is -1.05. The van der Waals surface area contributed by atoms with Crippen molar-refractivity contribution < 1.29 is 24.2 Å². The van der Waals surface area contributed by atoms with Crippen molar-refractivity contribution >= 4 is 17.7 Å². The third-order valence-corrected chi connectivity index (χ3v) is 8.13. The molecular formula is C26H41N3O5. The molecule has 0 radical (unpaired) electrons. The number of rotatable bonds is 11. The monoisotopic (exact) mass is 475 g/mol. The summed E-state index contributed by atoms with van der Waals surface area (Å²) in [4.78, 5) is 46.6. The number of ether oxygens (including phenoxy) is 1. The fourth-order valence-corrected chi connectivity index (χ4v) is 6.40. The highest BCUT2D eigenvalue weighted by atomic mass is 16.5. The Labute approximate surface area is 203 Å². The molecule has 1 N–H and O–H groups in total. The summed E-state index contributed by atoms with van der Waals surface area (Å²) in [6.07, 6.45) is 4.99. The van der Waals surface area contributed by atoms with E-state index < -0.39 is 29.1 Å². The van der Waals surface area contributed by atoms with E-state index in [0.29, 0.717) is 38.9 Å². The summed E-state index contributed by atoms with van der Waals surface area (Å²) in [6.45, 7) is 16.5. The number of aliphatic hydroxyl groups excluding tert-OH is 1. The Kier molecular flexibility index (Phi) is 7.63. The van der Waals surface area contributed by atoms with Crippen LogP contribution < -0.4 is 0 Å². The molecule has 8 nitrogen and oxygen atoms in total. The lowest BCUT2D eigenvalue weighted by atomic mass is 9.62. The molecule has 1 spiro atoms. The van der Waals surface area contributed by atoms with Crippen molar-refractivity contribution in [3.63, 3.8) is 0 Å². The summed E-state index contributed by atoms with van der Waals surface area (Å²) in [6, 6.07) is -0.893. The van der Waals surface area contributed by atoms with Crippen molar-refractivity contribution in [2.45, 2.75) is 70.2 Å². The van der Waals surface area contributed by atoms with Crippen LogP contribution in [0.4, 0.5) is 0 Å². The number of fused-ring (bicyclic) bond motifs is 1. The SMILES string of the molecule is C=CCN(C)C(=O)[C@@H]1[C@H]2C(=O)N(CCCCO)C(C(=O)N(CC=C)C(C)C)C23CC(C)[C@@]1(C)O3. The third kappa shape index (κ3) is 3.88. The van der Waals surface area contributed by atoms with Gasteiger partial charge in [-0.2, -0.15) is 0 Å². The molecule has 34 heavy (non-hydrogen) atoms. The van der Waals surface area contributed by atoms with Crippen LogP contribution in [0.5, 0.6) is 0 Å². The first-order chi connectivity index (χ1) is 16.0. The number of amides is 3. The van der Waals surface area contributed by atoms with E-state index in [0.717, 1.165) is 0 Å². The lowest BCUT2D eigenvalue weighted by Gasteiger charge is -2.39. The van der Waals surface area contributed by atoms with Gasteiger partial charge >= 0.3 is 0 Å². The van der Waals surface area contributed by atoms with Crippen LogP contribution in [0.25, 0.3) is 0 Å². The Morgan fingerprint density at radius 2 is 1.88 bits per heavy atom. The van der Waals surface area contributed by atoms with Crippen LogP contribution in [0.2, 0.25) is 0 Å². The number of carbonyl (C=O) groups is 3. The van der Waals surface area contributed by atoms with Gasteiger partial charge in [0.2, 0.25) is 17.7 Å². The second kappa shape index (κ2) is 9.82. The van der Waals surface area contributed by atoms with Crippen LogP contribution in [0.1, 0.15) is 47.0 Å². The van der Waals surface area contributed by atoms with Gasteiger partial charge in [0.05, 0.1) is 17.4 Å². The van der Waals surface area contributed by atoms with Gasteiger partial charge in [0.1, 0.15) is 11.6 Å². The summed E-state index contributed by atoms with van der Waals surface area (Å²) in [5, 5.41) is 9.30. The minimum Gasteiger partial charge on any atom is -0.396 e. The van der Waals surface area contributed by atoms with Crippen LogP contribution in [0, 0.1) is 17.8 Å². The molecule has 3 aliphatic rings. The number of carbonyl (C=O) groups excluding carboxylic acids is 3. The van der Waals surface area contributed by atoms with E-state index in [9.17, 15) is 19.5 Å². The van der Waals surface area contributed by atoms with E-state index in [1.165, 1.54) is 0 Å². The van der Waals surface area contributed by atoms with E-state index in [1.54, 1.807) is 33.9 Å². The first-order valence-corrected chi connectivity index (χ1v) is 12.4. The van der Waals surface area contributed by atoms with Crippen LogP contribution in [0.15, 0.2) is 25.3 Å². The number of hydrogen-bond donors (Lipinski definition) is 1. The molecule has 3 fully saturated rings. The number of unbranched alkanes of at least 4 members (excludes halogenated alkanes) is 1. The van der Waals surface area contributed by atoms with Gasteiger partial charge in [-0.1, -0.05) is 19.1 Å². The molecule has 3 saturated heterocycles. The average Bonchev–Trinajstić information content (AvgIpc) is 3.28. The number of aliphatic hydroxyl groups is 1. The second-order valence-electron chi connectivity index (χ2n) is 10.5. The van der Waals surface area contributed by atoms with E-state index in [-0.39, 0.29) is 36.3 Å². The Morgan fingerprint density at radius 1 is 1.24 bits per heavy atom. The van der Waals surface area contributed by atoms with Gasteiger partial charge in [-0.15, -0.1) is 13.2 Å². The molecule has 6 atom stereocenters. The van der Waals surface area contributed by atoms with E-state index in [4.69, 9.17) is 4.74 Å². The van der Waals surface area contributed by atoms with Crippen LogP contribution in [-0.4, -0.2) is 94.1 Å². The lowest BCUT2D eigenvalue weighted by molar-refractivity contribution is -0.155. The topological polar surface area (TPSA) is 90.4 Å². The molecular weight excluding hydrogens is 434 g/mol. The van der Waals surface area contributed by atoms with Gasteiger partial charge in [0, 0.05) is 39.3 Å². The zero-order valence-corrected chi connectivity index (χ0v) is 21.3. The molecule has 3 heterocycles. The Morgan fingerprint density at radius 3 is 2.44 bits per heavy atom. The smallest absolute Gasteiger partial charge is 0.248 e. The Balaban J connectivity index is 2.10. The van der Waals surface area contributed by atoms with E-state index in [2.05, 4.69) is 13.2 Å². The van der Waals surface area contributed by atoms with Crippen molar-refractivity contribution in [1.29, 1.82) is 0 Å². The maximum atomic E-state index is 14.1. The van der Waals surface area contributed by atoms with Gasteiger partial charge in [-0.05, 0) is 46.0 Å². The van der Waals surface area contributed by atoms with Crippen molar-refractivity contribution in [3.8, 4) is 0 Å². The lowest BCUT2D eigenvalue weighted by Crippen LogP contribution is -2.58. The second-order valence-corrected chi connectivity index (χ2v) is 10.5. The molecule has 3 rings (SSSR count). The molecule has 0 aliphatic carbocycles. The van der Waals surface area contributed by atoms with Crippen LogP contribution >= 0.6 is 0 Å². The van der Waals surface area contributed by atoms with Crippen molar-refractivity contribution in [2.75, 3.05) is 33.3 Å². The summed E-state index contributed by atoms with van der Waals surface area (Å²) < 4.78 is 6.74. The highest BCUT2D eigenvalue weighted by Crippen LogP contribution is 2.65.